The van der Waals surface area contributed by atoms with Crippen molar-refractivity contribution < 1.29 is 18.7 Å². The maximum Gasteiger partial charge on any atom is 0.319 e. The standard InChI is InChI=1S/C17H19FN2O3/c1-11(12-4-6-13(18)7-5-12)19-17(21)20-14-8-9-15(22-2)16(10-14)23-3/h4-11H,1-3H3,(H2,19,20,21)/t11-/m1/s1. The summed E-state index contributed by atoms with van der Waals surface area (Å²) >= 11 is 0. The third-order valence-corrected chi connectivity index (χ3v) is 3.36. The Kier molecular flexibility index (Phi) is 5.41. The number of methoxy groups -OCH3 is 2. The average Bonchev–Trinajstić information content (AvgIpc) is 2.55. The molecule has 2 aromatic carbocycles. The molecule has 2 N–H and O–H groups in total. The summed E-state index contributed by atoms with van der Waals surface area (Å²) in [5.41, 5.74) is 1.39. The van der Waals surface area contributed by atoms with Gasteiger partial charge in [-0.25, -0.2) is 9.18 Å². The lowest BCUT2D eigenvalue weighted by Crippen LogP contribution is -2.31. The molecule has 0 aromatic heterocycles. The number of rotatable bonds is 5. The minimum atomic E-state index is -0.367. The van der Waals surface area contributed by atoms with Gasteiger partial charge in [-0.2, -0.15) is 0 Å². The first-order chi connectivity index (χ1) is 11.0. The zero-order chi connectivity index (χ0) is 16.8. The lowest BCUT2D eigenvalue weighted by molar-refractivity contribution is 0.249. The van der Waals surface area contributed by atoms with Crippen molar-refractivity contribution in [1.29, 1.82) is 0 Å². The van der Waals surface area contributed by atoms with Gasteiger partial charge >= 0.3 is 6.03 Å². The number of hydrogen-bond donors (Lipinski definition) is 2. The fourth-order valence-electron chi connectivity index (χ4n) is 2.11. The average molecular weight is 318 g/mol. The van der Waals surface area contributed by atoms with E-state index in [0.29, 0.717) is 17.2 Å². The van der Waals surface area contributed by atoms with E-state index in [0.717, 1.165) is 5.56 Å². The molecule has 6 heteroatoms. The molecule has 0 aliphatic carbocycles. The molecule has 0 aliphatic rings. The summed E-state index contributed by atoms with van der Waals surface area (Å²) in [4.78, 5) is 12.0. The molecular formula is C17H19FN2O3. The van der Waals surface area contributed by atoms with Crippen LogP contribution in [0.4, 0.5) is 14.9 Å². The number of amides is 2. The molecule has 1 atom stereocenters. The Balaban J connectivity index is 2.00. The summed E-state index contributed by atoms with van der Waals surface area (Å²) in [5.74, 6) is 0.797. The number of anilines is 1. The van der Waals surface area contributed by atoms with Crippen LogP contribution >= 0.6 is 0 Å². The van der Waals surface area contributed by atoms with Crippen LogP contribution in [-0.4, -0.2) is 20.3 Å². The molecule has 5 nitrogen and oxygen atoms in total. The summed E-state index contributed by atoms with van der Waals surface area (Å²) in [6.45, 7) is 1.82. The summed E-state index contributed by atoms with van der Waals surface area (Å²) < 4.78 is 23.2. The van der Waals surface area contributed by atoms with E-state index in [1.54, 1.807) is 37.4 Å². The Morgan fingerprint density at radius 1 is 1.04 bits per heavy atom. The molecule has 122 valence electrons. The second kappa shape index (κ2) is 7.49. The van der Waals surface area contributed by atoms with Crippen molar-refractivity contribution in [3.05, 3.63) is 53.8 Å². The molecule has 2 aromatic rings. The van der Waals surface area contributed by atoms with Gasteiger partial charge in [0, 0.05) is 11.8 Å². The Bertz CT molecular complexity index is 674. The van der Waals surface area contributed by atoms with Gasteiger partial charge < -0.3 is 20.1 Å². The summed E-state index contributed by atoms with van der Waals surface area (Å²) in [7, 11) is 3.07. The number of nitrogens with one attached hydrogen (secondary N) is 2. The van der Waals surface area contributed by atoms with Crippen LogP contribution in [0.3, 0.4) is 0 Å². The number of carbonyl (C=O) groups is 1. The largest absolute Gasteiger partial charge is 0.493 e. The van der Waals surface area contributed by atoms with Crippen molar-refractivity contribution in [3.63, 3.8) is 0 Å². The predicted molar refractivity (Wildman–Crippen MR) is 86.5 cm³/mol. The van der Waals surface area contributed by atoms with Crippen molar-refractivity contribution in [3.8, 4) is 11.5 Å². The Morgan fingerprint density at radius 3 is 2.30 bits per heavy atom. The van der Waals surface area contributed by atoms with E-state index in [2.05, 4.69) is 10.6 Å². The zero-order valence-corrected chi connectivity index (χ0v) is 13.2. The van der Waals surface area contributed by atoms with Crippen LogP contribution in [0, 0.1) is 5.82 Å². The molecule has 0 heterocycles. The third-order valence-electron chi connectivity index (χ3n) is 3.36. The van der Waals surface area contributed by atoms with E-state index >= 15 is 0 Å². The van der Waals surface area contributed by atoms with Crippen molar-refractivity contribution in [2.45, 2.75) is 13.0 Å². The van der Waals surface area contributed by atoms with Gasteiger partial charge in [-0.3, -0.25) is 0 Å². The fraction of sp³-hybridized carbons (Fsp3) is 0.235. The second-order valence-corrected chi connectivity index (χ2v) is 4.94. The van der Waals surface area contributed by atoms with Gasteiger partial charge in [-0.15, -0.1) is 0 Å². The van der Waals surface area contributed by atoms with Crippen LogP contribution in [0.2, 0.25) is 0 Å². The van der Waals surface area contributed by atoms with Crippen LogP contribution < -0.4 is 20.1 Å². The minimum absolute atomic E-state index is 0.254. The van der Waals surface area contributed by atoms with E-state index in [9.17, 15) is 9.18 Å². The summed E-state index contributed by atoms with van der Waals surface area (Å²) in [6.07, 6.45) is 0. The van der Waals surface area contributed by atoms with Gasteiger partial charge in [-0.05, 0) is 36.8 Å². The van der Waals surface area contributed by atoms with Gasteiger partial charge in [-0.1, -0.05) is 12.1 Å². The lowest BCUT2D eigenvalue weighted by atomic mass is 10.1. The normalized spacial score (nSPS) is 11.5. The quantitative estimate of drug-likeness (QED) is 0.883. The molecule has 0 saturated heterocycles. The van der Waals surface area contributed by atoms with Crippen molar-refractivity contribution in [2.75, 3.05) is 19.5 Å². The van der Waals surface area contributed by atoms with Crippen molar-refractivity contribution >= 4 is 11.7 Å². The topological polar surface area (TPSA) is 59.6 Å². The fourth-order valence-corrected chi connectivity index (χ4v) is 2.11. The predicted octanol–water partition coefficient (Wildman–Crippen LogP) is 3.73. The van der Waals surface area contributed by atoms with E-state index in [1.165, 1.54) is 19.2 Å². The highest BCUT2D eigenvalue weighted by Gasteiger charge is 2.11. The van der Waals surface area contributed by atoms with Gasteiger partial charge in [0.1, 0.15) is 5.82 Å². The molecule has 0 bridgehead atoms. The number of benzene rings is 2. The minimum Gasteiger partial charge on any atom is -0.493 e. The lowest BCUT2D eigenvalue weighted by Gasteiger charge is -2.16. The molecule has 0 unspecified atom stereocenters. The summed E-state index contributed by atoms with van der Waals surface area (Å²) in [6, 6.07) is 10.5. The van der Waals surface area contributed by atoms with Crippen molar-refractivity contribution in [1.82, 2.24) is 5.32 Å². The maximum absolute atomic E-state index is 12.9. The van der Waals surface area contributed by atoms with Crippen LogP contribution in [0.25, 0.3) is 0 Å². The summed E-state index contributed by atoms with van der Waals surface area (Å²) in [5, 5.41) is 5.51. The first kappa shape index (κ1) is 16.6. The molecule has 0 saturated carbocycles. The Labute approximate surface area is 134 Å². The van der Waals surface area contributed by atoms with Gasteiger partial charge in [0.05, 0.1) is 20.3 Å². The SMILES string of the molecule is COc1ccc(NC(=O)N[C@H](C)c2ccc(F)cc2)cc1OC. The highest BCUT2D eigenvalue weighted by atomic mass is 19.1. The van der Waals surface area contributed by atoms with Crippen LogP contribution in [0.5, 0.6) is 11.5 Å². The van der Waals surface area contributed by atoms with Gasteiger partial charge in [0.25, 0.3) is 0 Å². The first-order valence-electron chi connectivity index (χ1n) is 7.08. The smallest absolute Gasteiger partial charge is 0.319 e. The Morgan fingerprint density at radius 2 is 1.70 bits per heavy atom. The van der Waals surface area contributed by atoms with Gasteiger partial charge in [0.15, 0.2) is 11.5 Å². The highest BCUT2D eigenvalue weighted by molar-refractivity contribution is 5.89. The third kappa shape index (κ3) is 4.35. The van der Waals surface area contributed by atoms with Gasteiger partial charge in [0.2, 0.25) is 0 Å². The molecular weight excluding hydrogens is 299 g/mol. The molecule has 23 heavy (non-hydrogen) atoms. The molecule has 0 spiro atoms. The molecule has 0 aliphatic heterocycles. The molecule has 0 radical (unpaired) electrons. The highest BCUT2D eigenvalue weighted by Crippen LogP contribution is 2.29. The first-order valence-corrected chi connectivity index (χ1v) is 7.08. The number of urea groups is 1. The monoisotopic (exact) mass is 318 g/mol. The van der Waals surface area contributed by atoms with E-state index < -0.39 is 0 Å². The number of hydrogen-bond acceptors (Lipinski definition) is 3. The van der Waals surface area contributed by atoms with E-state index in [4.69, 9.17) is 9.47 Å². The number of ether oxygens (including phenoxy) is 2. The van der Waals surface area contributed by atoms with Crippen LogP contribution in [0.15, 0.2) is 42.5 Å². The van der Waals surface area contributed by atoms with Crippen molar-refractivity contribution in [2.24, 2.45) is 0 Å². The Hall–Kier alpha value is -2.76. The molecule has 0 fully saturated rings. The van der Waals surface area contributed by atoms with E-state index in [1.807, 2.05) is 6.92 Å². The van der Waals surface area contributed by atoms with E-state index in [-0.39, 0.29) is 17.9 Å². The molecule has 2 rings (SSSR count). The number of carbonyl (C=O) groups excluding carboxylic acids is 1. The maximum atomic E-state index is 12.9. The molecule has 2 amide bonds. The second-order valence-electron chi connectivity index (χ2n) is 4.94. The zero-order valence-electron chi connectivity index (χ0n) is 13.2. The van der Waals surface area contributed by atoms with Crippen LogP contribution in [-0.2, 0) is 0 Å². The van der Waals surface area contributed by atoms with Crippen LogP contribution in [0.1, 0.15) is 18.5 Å². The number of halogens is 1.